The highest BCUT2D eigenvalue weighted by molar-refractivity contribution is 7.89. The minimum absolute atomic E-state index is 0.0661. The van der Waals surface area contributed by atoms with Crippen molar-refractivity contribution in [3.63, 3.8) is 0 Å². The van der Waals surface area contributed by atoms with Crippen molar-refractivity contribution >= 4 is 21.7 Å². The normalized spacial score (nSPS) is 15.4. The number of fused-ring (bicyclic) bond motifs is 1. The fourth-order valence-electron chi connectivity index (χ4n) is 3.24. The van der Waals surface area contributed by atoms with Gasteiger partial charge in [0.05, 0.1) is 10.5 Å². The van der Waals surface area contributed by atoms with Gasteiger partial charge in [0.1, 0.15) is 23.7 Å². The number of pyridine rings is 1. The minimum atomic E-state index is -3.73. The van der Waals surface area contributed by atoms with Gasteiger partial charge in [-0.1, -0.05) is 6.07 Å². The van der Waals surface area contributed by atoms with Gasteiger partial charge >= 0.3 is 0 Å². The lowest BCUT2D eigenvalue weighted by Crippen LogP contribution is -2.19. The Morgan fingerprint density at radius 1 is 1.27 bits per heavy atom. The molecule has 1 amide bonds. The smallest absolute Gasteiger partial charge is 0.259 e. The molecule has 156 valence electrons. The number of benzene rings is 1. The highest BCUT2D eigenvalue weighted by Crippen LogP contribution is 2.31. The summed E-state index contributed by atoms with van der Waals surface area (Å²) in [6.45, 7) is 4.01. The first-order valence-electron chi connectivity index (χ1n) is 9.15. The molecule has 2 aromatic heterocycles. The van der Waals surface area contributed by atoms with E-state index in [1.165, 1.54) is 7.05 Å². The van der Waals surface area contributed by atoms with Crippen LogP contribution in [0.1, 0.15) is 35.8 Å². The molecule has 1 aromatic carbocycles. The molecule has 1 aliphatic heterocycles. The fraction of sp³-hybridized carbons (Fsp3) is 0.263. The summed E-state index contributed by atoms with van der Waals surface area (Å²) in [4.78, 5) is 17.0. The predicted molar refractivity (Wildman–Crippen MR) is 107 cm³/mol. The first-order chi connectivity index (χ1) is 14.2. The molecule has 0 unspecified atom stereocenters. The van der Waals surface area contributed by atoms with Gasteiger partial charge in [0.15, 0.2) is 5.82 Å². The van der Waals surface area contributed by atoms with Crippen molar-refractivity contribution in [1.29, 1.82) is 0 Å². The topological polar surface area (TPSA) is 110 Å². The van der Waals surface area contributed by atoms with Gasteiger partial charge in [-0.05, 0) is 43.7 Å². The maximum Gasteiger partial charge on any atom is 0.259 e. The average Bonchev–Trinajstić information content (AvgIpc) is 3.25. The highest BCUT2D eigenvalue weighted by atomic mass is 32.2. The lowest BCUT2D eigenvalue weighted by molar-refractivity contribution is 0.102. The van der Waals surface area contributed by atoms with Crippen LogP contribution in [0.3, 0.4) is 0 Å². The van der Waals surface area contributed by atoms with Gasteiger partial charge in [-0.3, -0.25) is 4.79 Å². The van der Waals surface area contributed by atoms with E-state index < -0.39 is 21.7 Å². The van der Waals surface area contributed by atoms with Crippen molar-refractivity contribution in [1.82, 2.24) is 24.1 Å². The number of amides is 1. The molecular weight excluding hydrogens is 411 g/mol. The van der Waals surface area contributed by atoms with Crippen molar-refractivity contribution in [3.05, 3.63) is 53.6 Å². The minimum Gasteiger partial charge on any atom is -0.310 e. The van der Waals surface area contributed by atoms with E-state index in [0.717, 1.165) is 16.4 Å². The van der Waals surface area contributed by atoms with E-state index in [1.807, 2.05) is 18.4 Å². The number of nitrogens with one attached hydrogen (secondary N) is 1. The summed E-state index contributed by atoms with van der Waals surface area (Å²) < 4.78 is 42.1. The number of nitrogens with zero attached hydrogens (tertiary/aromatic N) is 5. The van der Waals surface area contributed by atoms with Gasteiger partial charge in [-0.25, -0.2) is 17.8 Å². The van der Waals surface area contributed by atoms with E-state index >= 15 is 0 Å². The van der Waals surface area contributed by atoms with Gasteiger partial charge < -0.3 is 9.88 Å². The molecule has 3 heterocycles. The molecule has 4 rings (SSSR count). The number of carbonyl (C=O) groups is 1. The largest absolute Gasteiger partial charge is 0.310 e. The first kappa shape index (κ1) is 20.1. The van der Waals surface area contributed by atoms with Crippen LogP contribution < -0.4 is 5.32 Å². The molecule has 0 saturated heterocycles. The van der Waals surface area contributed by atoms with Gasteiger partial charge in [0.2, 0.25) is 10.0 Å². The van der Waals surface area contributed by atoms with Crippen LogP contribution in [0.15, 0.2) is 41.6 Å². The van der Waals surface area contributed by atoms with Crippen molar-refractivity contribution in [2.45, 2.75) is 31.3 Å². The fourth-order valence-corrected chi connectivity index (χ4v) is 4.61. The van der Waals surface area contributed by atoms with Crippen LogP contribution in [0.5, 0.6) is 0 Å². The second kappa shape index (κ2) is 7.26. The summed E-state index contributed by atoms with van der Waals surface area (Å²) in [5, 5.41) is 10.5. The van der Waals surface area contributed by atoms with Crippen molar-refractivity contribution in [2.75, 3.05) is 12.4 Å². The van der Waals surface area contributed by atoms with Gasteiger partial charge in [0.25, 0.3) is 5.91 Å². The zero-order chi connectivity index (χ0) is 21.6. The summed E-state index contributed by atoms with van der Waals surface area (Å²) in [5.41, 5.74) is 0.433. The van der Waals surface area contributed by atoms with Gasteiger partial charge in [-0.15, -0.1) is 10.2 Å². The molecular formula is C19H19FN6O3S. The third-order valence-electron chi connectivity index (χ3n) is 4.83. The van der Waals surface area contributed by atoms with Crippen LogP contribution in [-0.4, -0.2) is 45.4 Å². The van der Waals surface area contributed by atoms with Crippen LogP contribution in [-0.2, 0) is 16.6 Å². The Morgan fingerprint density at radius 3 is 2.77 bits per heavy atom. The number of aromatic nitrogens is 4. The standard InChI is InChI=1S/C19H19FN6O3S/c1-11(2)26-10-21-24-18(26)15-5-4-6-17(22-15)23-19(27)13-8-16-12(7-14(13)20)9-25(3)30(16,28)29/h4-8,10-11H,9H2,1-3H3,(H,22,23,27). The van der Waals surface area contributed by atoms with Crippen molar-refractivity contribution in [3.8, 4) is 11.5 Å². The molecule has 0 bridgehead atoms. The van der Waals surface area contributed by atoms with Gasteiger partial charge in [0, 0.05) is 19.6 Å². The molecule has 1 N–H and O–H groups in total. The predicted octanol–water partition coefficient (Wildman–Crippen LogP) is 2.45. The van der Waals surface area contributed by atoms with Crippen LogP contribution in [0.2, 0.25) is 0 Å². The first-order valence-corrected chi connectivity index (χ1v) is 10.6. The lowest BCUT2D eigenvalue weighted by Gasteiger charge is -2.11. The lowest BCUT2D eigenvalue weighted by atomic mass is 10.1. The Balaban J connectivity index is 1.65. The summed E-state index contributed by atoms with van der Waals surface area (Å²) in [6.07, 6.45) is 1.59. The molecule has 0 aliphatic carbocycles. The monoisotopic (exact) mass is 430 g/mol. The third-order valence-corrected chi connectivity index (χ3v) is 6.71. The van der Waals surface area contributed by atoms with E-state index in [-0.39, 0.29) is 28.9 Å². The Morgan fingerprint density at radius 2 is 2.03 bits per heavy atom. The molecule has 0 saturated carbocycles. The van der Waals surface area contributed by atoms with Crippen LogP contribution in [0.25, 0.3) is 11.5 Å². The summed E-state index contributed by atoms with van der Waals surface area (Å²) >= 11 is 0. The van der Waals surface area contributed by atoms with Crippen molar-refractivity contribution < 1.29 is 17.6 Å². The second-order valence-corrected chi connectivity index (χ2v) is 9.23. The number of hydrogen-bond donors (Lipinski definition) is 1. The summed E-state index contributed by atoms with van der Waals surface area (Å²) in [5.74, 6) is -0.892. The van der Waals surface area contributed by atoms with E-state index in [9.17, 15) is 17.6 Å². The number of hydrogen-bond acceptors (Lipinski definition) is 6. The second-order valence-electron chi connectivity index (χ2n) is 7.22. The molecule has 0 radical (unpaired) electrons. The summed E-state index contributed by atoms with van der Waals surface area (Å²) in [6, 6.07) is 7.20. The Bertz CT molecular complexity index is 1250. The Kier molecular flexibility index (Phi) is 4.86. The van der Waals surface area contributed by atoms with Crippen LogP contribution >= 0.6 is 0 Å². The van der Waals surface area contributed by atoms with Crippen molar-refractivity contribution in [2.24, 2.45) is 0 Å². The SMILES string of the molecule is CC(C)n1cnnc1-c1cccc(NC(=O)c2cc3c(cc2F)CN(C)S3(=O)=O)n1. The quantitative estimate of drug-likeness (QED) is 0.681. The van der Waals surface area contributed by atoms with Crippen LogP contribution in [0, 0.1) is 5.82 Å². The Labute approximate surface area is 172 Å². The summed E-state index contributed by atoms with van der Waals surface area (Å²) in [7, 11) is -2.33. The third kappa shape index (κ3) is 3.35. The Hall–Kier alpha value is -3.18. The van der Waals surface area contributed by atoms with E-state index in [2.05, 4.69) is 20.5 Å². The van der Waals surface area contributed by atoms with Crippen LogP contribution in [0.4, 0.5) is 10.2 Å². The van der Waals surface area contributed by atoms with Gasteiger partial charge in [-0.2, -0.15) is 4.31 Å². The molecule has 0 atom stereocenters. The maximum atomic E-state index is 14.5. The number of carbonyl (C=O) groups excluding carboxylic acids is 1. The molecule has 1 aliphatic rings. The molecule has 0 spiro atoms. The number of sulfonamides is 1. The zero-order valence-corrected chi connectivity index (χ0v) is 17.3. The molecule has 9 nitrogen and oxygen atoms in total. The number of anilines is 1. The maximum absolute atomic E-state index is 14.5. The van der Waals surface area contributed by atoms with E-state index in [1.54, 1.807) is 24.5 Å². The zero-order valence-electron chi connectivity index (χ0n) is 16.5. The number of halogens is 1. The average molecular weight is 430 g/mol. The van der Waals surface area contributed by atoms with E-state index in [0.29, 0.717) is 17.1 Å². The molecule has 0 fully saturated rings. The highest BCUT2D eigenvalue weighted by Gasteiger charge is 2.33. The molecule has 11 heteroatoms. The van der Waals surface area contributed by atoms with E-state index in [4.69, 9.17) is 0 Å². The molecule has 30 heavy (non-hydrogen) atoms. The number of rotatable bonds is 4. The molecule has 3 aromatic rings.